The van der Waals surface area contributed by atoms with E-state index < -0.39 is 28.9 Å². The van der Waals surface area contributed by atoms with Gasteiger partial charge < -0.3 is 5.32 Å². The molecule has 1 heterocycles. The number of anilines is 1. The van der Waals surface area contributed by atoms with E-state index in [4.69, 9.17) is 0 Å². The van der Waals surface area contributed by atoms with Crippen LogP contribution in [0.15, 0.2) is 28.9 Å². The number of pyridine rings is 1. The number of hydrogen-bond acceptors (Lipinski definition) is 2. The maximum absolute atomic E-state index is 13.5. The van der Waals surface area contributed by atoms with Crippen molar-refractivity contribution in [1.82, 2.24) is 4.98 Å². The van der Waals surface area contributed by atoms with Gasteiger partial charge in [0.05, 0.1) is 11.4 Å². The van der Waals surface area contributed by atoms with Crippen molar-refractivity contribution in [2.45, 2.75) is 6.92 Å². The Morgan fingerprint density at radius 2 is 1.80 bits per heavy atom. The number of hydrogen-bond donors (Lipinski definition) is 1. The molecule has 104 valence electrons. The quantitative estimate of drug-likeness (QED) is 0.841. The molecule has 0 spiro atoms. The predicted octanol–water partition coefficient (Wildman–Crippen LogP) is 3.82. The Balaban J connectivity index is 2.33. The van der Waals surface area contributed by atoms with Crippen LogP contribution in [-0.4, -0.2) is 10.9 Å². The third-order valence-corrected chi connectivity index (χ3v) is 2.98. The lowest BCUT2D eigenvalue weighted by Crippen LogP contribution is -2.17. The second-order valence-corrected chi connectivity index (χ2v) is 4.78. The van der Waals surface area contributed by atoms with Gasteiger partial charge in [-0.2, -0.15) is 0 Å². The van der Waals surface area contributed by atoms with Crippen molar-refractivity contribution >= 4 is 27.5 Å². The first-order valence-corrected chi connectivity index (χ1v) is 6.27. The summed E-state index contributed by atoms with van der Waals surface area (Å²) in [4.78, 5) is 15.9. The van der Waals surface area contributed by atoms with Gasteiger partial charge in [0.25, 0.3) is 5.91 Å². The van der Waals surface area contributed by atoms with Crippen LogP contribution in [0.4, 0.5) is 18.9 Å². The summed E-state index contributed by atoms with van der Waals surface area (Å²) < 4.78 is 40.3. The van der Waals surface area contributed by atoms with Gasteiger partial charge in [-0.25, -0.2) is 18.2 Å². The van der Waals surface area contributed by atoms with Crippen molar-refractivity contribution < 1.29 is 18.0 Å². The molecule has 3 nitrogen and oxygen atoms in total. The van der Waals surface area contributed by atoms with Crippen LogP contribution in [0.25, 0.3) is 0 Å². The summed E-state index contributed by atoms with van der Waals surface area (Å²) in [5.74, 6) is -4.62. The van der Waals surface area contributed by atoms with E-state index in [1.807, 2.05) is 0 Å². The van der Waals surface area contributed by atoms with Crippen molar-refractivity contribution in [3.8, 4) is 0 Å². The first-order chi connectivity index (χ1) is 9.38. The van der Waals surface area contributed by atoms with E-state index in [1.165, 1.54) is 6.07 Å². The standard InChI is InChI=1S/C13H8BrF3N2O/c1-6-10(2-3-11(14)18-6)19-13(20)12-8(16)4-7(15)5-9(12)17/h2-5H,1H3,(H,19,20). The average Bonchev–Trinajstić information content (AvgIpc) is 2.31. The van der Waals surface area contributed by atoms with Crippen molar-refractivity contribution in [2.24, 2.45) is 0 Å². The summed E-state index contributed by atoms with van der Waals surface area (Å²) in [6.07, 6.45) is 0. The molecule has 1 amide bonds. The van der Waals surface area contributed by atoms with Gasteiger partial charge in [-0.1, -0.05) is 0 Å². The summed E-state index contributed by atoms with van der Waals surface area (Å²) in [6.45, 7) is 1.62. The number of benzene rings is 1. The number of halogens is 4. The van der Waals surface area contributed by atoms with Gasteiger partial charge in [0.15, 0.2) is 0 Å². The van der Waals surface area contributed by atoms with E-state index in [0.29, 0.717) is 28.1 Å². The van der Waals surface area contributed by atoms with Gasteiger partial charge in [-0.05, 0) is 35.0 Å². The Kier molecular flexibility index (Phi) is 4.08. The molecular weight excluding hydrogens is 337 g/mol. The fourth-order valence-electron chi connectivity index (χ4n) is 1.61. The molecule has 2 aromatic rings. The molecule has 0 saturated carbocycles. The van der Waals surface area contributed by atoms with Gasteiger partial charge in [0.1, 0.15) is 27.6 Å². The van der Waals surface area contributed by atoms with Gasteiger partial charge in [-0.15, -0.1) is 0 Å². The van der Waals surface area contributed by atoms with E-state index in [9.17, 15) is 18.0 Å². The first kappa shape index (κ1) is 14.5. The van der Waals surface area contributed by atoms with E-state index in [2.05, 4.69) is 26.2 Å². The highest BCUT2D eigenvalue weighted by molar-refractivity contribution is 9.10. The molecule has 1 N–H and O–H groups in total. The molecule has 0 aliphatic carbocycles. The number of aryl methyl sites for hydroxylation is 1. The Morgan fingerprint density at radius 1 is 1.20 bits per heavy atom. The largest absolute Gasteiger partial charge is 0.320 e. The fourth-order valence-corrected chi connectivity index (χ4v) is 2.00. The number of carbonyl (C=O) groups is 1. The minimum absolute atomic E-state index is 0.307. The Labute approximate surface area is 121 Å². The van der Waals surface area contributed by atoms with Gasteiger partial charge in [0.2, 0.25) is 0 Å². The average molecular weight is 345 g/mol. The van der Waals surface area contributed by atoms with Crippen LogP contribution in [0.1, 0.15) is 16.1 Å². The van der Waals surface area contributed by atoms with Crippen molar-refractivity contribution in [3.05, 3.63) is 57.6 Å². The summed E-state index contributed by atoms with van der Waals surface area (Å²) >= 11 is 3.15. The maximum Gasteiger partial charge on any atom is 0.261 e. The van der Waals surface area contributed by atoms with E-state index in [-0.39, 0.29) is 0 Å². The predicted molar refractivity (Wildman–Crippen MR) is 70.9 cm³/mol. The van der Waals surface area contributed by atoms with Crippen LogP contribution in [-0.2, 0) is 0 Å². The van der Waals surface area contributed by atoms with Gasteiger partial charge >= 0.3 is 0 Å². The number of rotatable bonds is 2. The molecule has 0 unspecified atom stereocenters. The fraction of sp³-hybridized carbons (Fsp3) is 0.0769. The minimum Gasteiger partial charge on any atom is -0.320 e. The minimum atomic E-state index is -1.26. The summed E-state index contributed by atoms with van der Waals surface area (Å²) in [5.41, 5.74) is -0.0642. The zero-order chi connectivity index (χ0) is 14.9. The van der Waals surface area contributed by atoms with Crippen LogP contribution in [0.5, 0.6) is 0 Å². The highest BCUT2D eigenvalue weighted by atomic mass is 79.9. The molecule has 0 saturated heterocycles. The number of nitrogens with zero attached hydrogens (tertiary/aromatic N) is 1. The molecule has 0 radical (unpaired) electrons. The SMILES string of the molecule is Cc1nc(Br)ccc1NC(=O)c1c(F)cc(F)cc1F. The topological polar surface area (TPSA) is 42.0 Å². The van der Waals surface area contributed by atoms with E-state index >= 15 is 0 Å². The maximum atomic E-state index is 13.5. The molecule has 0 bridgehead atoms. The molecule has 0 aliphatic rings. The third kappa shape index (κ3) is 2.98. The van der Waals surface area contributed by atoms with Crippen LogP contribution in [0.2, 0.25) is 0 Å². The summed E-state index contributed by atoms with van der Waals surface area (Å²) in [5, 5.41) is 2.33. The Hall–Kier alpha value is -1.89. The highest BCUT2D eigenvalue weighted by Crippen LogP contribution is 2.20. The van der Waals surface area contributed by atoms with Gasteiger partial charge in [0, 0.05) is 12.1 Å². The lowest BCUT2D eigenvalue weighted by atomic mass is 10.1. The zero-order valence-corrected chi connectivity index (χ0v) is 11.8. The van der Waals surface area contributed by atoms with Crippen LogP contribution in [0.3, 0.4) is 0 Å². The molecule has 0 aliphatic heterocycles. The van der Waals surface area contributed by atoms with Crippen LogP contribution >= 0.6 is 15.9 Å². The second-order valence-electron chi connectivity index (χ2n) is 3.97. The normalized spacial score (nSPS) is 10.4. The molecule has 1 aromatic carbocycles. The van der Waals surface area contributed by atoms with Crippen molar-refractivity contribution in [2.75, 3.05) is 5.32 Å². The Morgan fingerprint density at radius 3 is 2.35 bits per heavy atom. The zero-order valence-electron chi connectivity index (χ0n) is 10.2. The molecule has 0 atom stereocenters. The summed E-state index contributed by atoms with van der Waals surface area (Å²) in [7, 11) is 0. The number of nitrogens with one attached hydrogen (secondary N) is 1. The lowest BCUT2D eigenvalue weighted by molar-refractivity contribution is 0.101. The van der Waals surface area contributed by atoms with E-state index in [1.54, 1.807) is 13.0 Å². The first-order valence-electron chi connectivity index (χ1n) is 5.47. The molecule has 0 fully saturated rings. The smallest absolute Gasteiger partial charge is 0.261 e. The molecule has 7 heteroatoms. The highest BCUT2D eigenvalue weighted by Gasteiger charge is 2.19. The third-order valence-electron chi connectivity index (χ3n) is 2.53. The van der Waals surface area contributed by atoms with Crippen LogP contribution in [0, 0.1) is 24.4 Å². The second kappa shape index (κ2) is 5.62. The molecule has 1 aromatic heterocycles. The Bertz CT molecular complexity index is 668. The summed E-state index contributed by atoms with van der Waals surface area (Å²) in [6, 6.07) is 4.00. The number of carbonyl (C=O) groups excluding carboxylic acids is 1. The van der Waals surface area contributed by atoms with Crippen molar-refractivity contribution in [3.63, 3.8) is 0 Å². The van der Waals surface area contributed by atoms with Gasteiger partial charge in [-0.3, -0.25) is 4.79 Å². The molecular formula is C13H8BrF3N2O. The van der Waals surface area contributed by atoms with E-state index in [0.717, 1.165) is 0 Å². The number of amides is 1. The molecule has 20 heavy (non-hydrogen) atoms. The lowest BCUT2D eigenvalue weighted by Gasteiger charge is -2.09. The molecule has 2 rings (SSSR count). The van der Waals surface area contributed by atoms with Crippen molar-refractivity contribution in [1.29, 1.82) is 0 Å². The monoisotopic (exact) mass is 344 g/mol. The number of aromatic nitrogens is 1. The van der Waals surface area contributed by atoms with Crippen LogP contribution < -0.4 is 5.32 Å².